The first kappa shape index (κ1) is 17.1. The van der Waals surface area contributed by atoms with E-state index < -0.39 is 20.6 Å². The van der Waals surface area contributed by atoms with Gasteiger partial charge < -0.3 is 0 Å². The van der Waals surface area contributed by atoms with E-state index >= 15 is 0 Å². The van der Waals surface area contributed by atoms with E-state index in [4.69, 9.17) is 0 Å². The summed E-state index contributed by atoms with van der Waals surface area (Å²) in [5, 5.41) is 10.9. The van der Waals surface area contributed by atoms with Crippen LogP contribution in [0.3, 0.4) is 0 Å². The average Bonchev–Trinajstić information content (AvgIpc) is 2.26. The van der Waals surface area contributed by atoms with E-state index in [2.05, 4.69) is 20.7 Å². The van der Waals surface area contributed by atoms with Crippen molar-refractivity contribution in [1.29, 1.82) is 0 Å². The maximum absolute atomic E-state index is 12.3. The Morgan fingerprint density at radius 2 is 1.95 bits per heavy atom. The molecule has 0 amide bonds. The molecule has 1 aromatic rings. The number of nitrogens with one attached hydrogen (secondary N) is 1. The fraction of sp³-hybridized carbons (Fsp3) is 0.500. The van der Waals surface area contributed by atoms with E-state index in [1.165, 1.54) is 18.2 Å². The first-order valence-corrected chi connectivity index (χ1v) is 8.37. The highest BCUT2D eigenvalue weighted by Crippen LogP contribution is 2.27. The second kappa shape index (κ2) is 6.64. The predicted molar refractivity (Wildman–Crippen MR) is 80.0 cm³/mol. The Morgan fingerprint density at radius 1 is 1.35 bits per heavy atom. The van der Waals surface area contributed by atoms with Crippen molar-refractivity contribution in [3.8, 4) is 0 Å². The number of hydrogen-bond acceptors (Lipinski definition) is 4. The molecular formula is C12H17BrN2O4S. The lowest BCUT2D eigenvalue weighted by Gasteiger charge is -2.16. The van der Waals surface area contributed by atoms with Gasteiger partial charge in [0.25, 0.3) is 5.69 Å². The molecule has 20 heavy (non-hydrogen) atoms. The smallest absolute Gasteiger partial charge is 0.258 e. The molecule has 0 spiro atoms. The third kappa shape index (κ3) is 4.53. The molecule has 0 aliphatic carbocycles. The third-order valence-corrected chi connectivity index (χ3v) is 4.70. The van der Waals surface area contributed by atoms with Gasteiger partial charge in [-0.2, -0.15) is 0 Å². The Bertz CT molecular complexity index is 601. The third-order valence-electron chi connectivity index (χ3n) is 2.59. The standard InChI is InChI=1S/C12H17BrN2O4S/c1-8(2)6-9(3)14-20(18,19)12-7-10(13)4-5-11(12)15(16)17/h4-5,7-9,14H,6H2,1-3H3. The summed E-state index contributed by atoms with van der Waals surface area (Å²) in [5.41, 5.74) is -0.433. The fourth-order valence-corrected chi connectivity index (χ4v) is 3.90. The quantitative estimate of drug-likeness (QED) is 0.620. The number of benzene rings is 1. The molecule has 1 aromatic carbocycles. The van der Waals surface area contributed by atoms with Crippen LogP contribution in [0.25, 0.3) is 0 Å². The summed E-state index contributed by atoms with van der Waals surface area (Å²) in [7, 11) is -3.92. The molecule has 0 saturated heterocycles. The largest absolute Gasteiger partial charge is 0.289 e. The van der Waals surface area contributed by atoms with Crippen LogP contribution in [0.5, 0.6) is 0 Å². The molecule has 6 nitrogen and oxygen atoms in total. The van der Waals surface area contributed by atoms with Gasteiger partial charge in [-0.3, -0.25) is 10.1 Å². The SMILES string of the molecule is CC(C)CC(C)NS(=O)(=O)c1cc(Br)ccc1[N+](=O)[O-]. The summed E-state index contributed by atoms with van der Waals surface area (Å²) in [6.45, 7) is 5.69. The van der Waals surface area contributed by atoms with E-state index in [0.29, 0.717) is 16.8 Å². The normalized spacial score (nSPS) is 13.4. The Labute approximate surface area is 126 Å². The van der Waals surface area contributed by atoms with Gasteiger partial charge in [-0.25, -0.2) is 13.1 Å². The summed E-state index contributed by atoms with van der Waals surface area (Å²) >= 11 is 3.13. The molecule has 8 heteroatoms. The van der Waals surface area contributed by atoms with Gasteiger partial charge in [0, 0.05) is 16.6 Å². The van der Waals surface area contributed by atoms with Crippen molar-refractivity contribution >= 4 is 31.6 Å². The molecule has 1 atom stereocenters. The summed E-state index contributed by atoms with van der Waals surface area (Å²) in [4.78, 5) is 9.91. The Balaban J connectivity index is 3.15. The maximum atomic E-state index is 12.3. The Hall–Kier alpha value is -0.990. The van der Waals surface area contributed by atoms with Crippen LogP contribution in [0.4, 0.5) is 5.69 Å². The first-order valence-electron chi connectivity index (χ1n) is 6.09. The molecule has 0 aliphatic rings. The van der Waals surface area contributed by atoms with E-state index in [9.17, 15) is 18.5 Å². The molecule has 112 valence electrons. The molecule has 1 rings (SSSR count). The second-order valence-corrected chi connectivity index (χ2v) is 7.62. The number of nitro benzene ring substituents is 1. The lowest BCUT2D eigenvalue weighted by molar-refractivity contribution is -0.387. The van der Waals surface area contributed by atoms with Crippen molar-refractivity contribution in [2.75, 3.05) is 0 Å². The van der Waals surface area contributed by atoms with Gasteiger partial charge >= 0.3 is 0 Å². The van der Waals surface area contributed by atoms with Gasteiger partial charge in [0.05, 0.1) is 4.92 Å². The van der Waals surface area contributed by atoms with Crippen LogP contribution in [0.1, 0.15) is 27.2 Å². The lowest BCUT2D eigenvalue weighted by atomic mass is 10.1. The van der Waals surface area contributed by atoms with Crippen molar-refractivity contribution < 1.29 is 13.3 Å². The van der Waals surface area contributed by atoms with Gasteiger partial charge in [-0.05, 0) is 31.4 Å². The minimum Gasteiger partial charge on any atom is -0.258 e. The van der Waals surface area contributed by atoms with E-state index in [0.717, 1.165) is 0 Å². The molecule has 0 radical (unpaired) electrons. The van der Waals surface area contributed by atoms with Crippen LogP contribution in [0, 0.1) is 16.0 Å². The molecule has 0 saturated carbocycles. The zero-order valence-corrected chi connectivity index (χ0v) is 13.9. The molecule has 0 aromatic heterocycles. The highest BCUT2D eigenvalue weighted by Gasteiger charge is 2.27. The number of nitrogens with zero attached hydrogens (tertiary/aromatic N) is 1. The highest BCUT2D eigenvalue weighted by molar-refractivity contribution is 9.10. The van der Waals surface area contributed by atoms with Gasteiger partial charge in [-0.1, -0.05) is 29.8 Å². The van der Waals surface area contributed by atoms with Crippen LogP contribution in [-0.4, -0.2) is 19.4 Å². The number of halogens is 1. The summed E-state index contributed by atoms with van der Waals surface area (Å²) in [6.07, 6.45) is 0.654. The Morgan fingerprint density at radius 3 is 2.45 bits per heavy atom. The van der Waals surface area contributed by atoms with Crippen LogP contribution in [0.15, 0.2) is 27.6 Å². The average molecular weight is 365 g/mol. The topological polar surface area (TPSA) is 89.3 Å². The summed E-state index contributed by atoms with van der Waals surface area (Å²) in [5.74, 6) is 0.324. The van der Waals surface area contributed by atoms with Gasteiger partial charge in [0.1, 0.15) is 0 Å². The number of rotatable bonds is 6. The minimum atomic E-state index is -3.92. The summed E-state index contributed by atoms with van der Waals surface area (Å²) < 4.78 is 27.5. The minimum absolute atomic E-state index is 0.293. The fourth-order valence-electron chi connectivity index (χ4n) is 1.94. The van der Waals surface area contributed by atoms with Gasteiger partial charge in [0.15, 0.2) is 4.90 Å². The zero-order valence-electron chi connectivity index (χ0n) is 11.5. The monoisotopic (exact) mass is 364 g/mol. The molecule has 1 unspecified atom stereocenters. The Kier molecular flexibility index (Phi) is 5.67. The number of hydrogen-bond donors (Lipinski definition) is 1. The number of nitro groups is 1. The molecule has 0 heterocycles. The second-order valence-electron chi connectivity index (χ2n) is 5.02. The van der Waals surface area contributed by atoms with Crippen molar-refractivity contribution in [1.82, 2.24) is 4.72 Å². The van der Waals surface area contributed by atoms with Crippen molar-refractivity contribution in [2.24, 2.45) is 5.92 Å². The van der Waals surface area contributed by atoms with E-state index in [1.54, 1.807) is 6.92 Å². The van der Waals surface area contributed by atoms with Gasteiger partial charge in [-0.15, -0.1) is 0 Å². The zero-order chi connectivity index (χ0) is 15.5. The van der Waals surface area contributed by atoms with Gasteiger partial charge in [0.2, 0.25) is 10.0 Å². The van der Waals surface area contributed by atoms with Crippen LogP contribution < -0.4 is 4.72 Å². The van der Waals surface area contributed by atoms with Crippen molar-refractivity contribution in [3.63, 3.8) is 0 Å². The maximum Gasteiger partial charge on any atom is 0.289 e. The van der Waals surface area contributed by atoms with Crippen LogP contribution in [0.2, 0.25) is 0 Å². The molecule has 0 fully saturated rings. The first-order chi connectivity index (χ1) is 9.13. The van der Waals surface area contributed by atoms with Crippen LogP contribution in [-0.2, 0) is 10.0 Å². The van der Waals surface area contributed by atoms with E-state index in [-0.39, 0.29) is 10.9 Å². The van der Waals surface area contributed by atoms with Crippen LogP contribution >= 0.6 is 15.9 Å². The number of sulfonamides is 1. The van der Waals surface area contributed by atoms with Crippen molar-refractivity contribution in [3.05, 3.63) is 32.8 Å². The van der Waals surface area contributed by atoms with E-state index in [1.807, 2.05) is 13.8 Å². The highest BCUT2D eigenvalue weighted by atomic mass is 79.9. The van der Waals surface area contributed by atoms with Crippen molar-refractivity contribution in [2.45, 2.75) is 38.1 Å². The molecule has 0 aliphatic heterocycles. The summed E-state index contributed by atoms with van der Waals surface area (Å²) in [6, 6.07) is 3.56. The molecular weight excluding hydrogens is 348 g/mol. The molecule has 0 bridgehead atoms. The predicted octanol–water partition coefficient (Wildman–Crippen LogP) is 3.07. The lowest BCUT2D eigenvalue weighted by Crippen LogP contribution is -2.33. The molecule has 1 N–H and O–H groups in total.